The molecular formula is C9H9ClO3. The third-order valence-corrected chi connectivity index (χ3v) is 1.47. The summed E-state index contributed by atoms with van der Waals surface area (Å²) in [5.74, 6) is 0.454. The molecule has 0 spiro atoms. The predicted molar refractivity (Wildman–Crippen MR) is 49.0 cm³/mol. The van der Waals surface area contributed by atoms with Gasteiger partial charge in [-0.15, -0.1) is 0 Å². The molecule has 1 rings (SSSR count). The Morgan fingerprint density at radius 2 is 2.31 bits per heavy atom. The number of carbonyl (C=O) groups excluding carboxylic acids is 1. The van der Waals surface area contributed by atoms with E-state index in [1.54, 1.807) is 18.2 Å². The summed E-state index contributed by atoms with van der Waals surface area (Å²) >= 11 is 5.17. The summed E-state index contributed by atoms with van der Waals surface area (Å²) in [6.45, 7) is 1.90. The summed E-state index contributed by atoms with van der Waals surface area (Å²) in [6.07, 6.45) is -0.791. The van der Waals surface area contributed by atoms with Gasteiger partial charge in [-0.1, -0.05) is 23.7 Å². The first kappa shape index (κ1) is 9.86. The molecular weight excluding hydrogens is 192 g/mol. The Morgan fingerprint density at radius 1 is 1.54 bits per heavy atom. The fourth-order valence-corrected chi connectivity index (χ4v) is 0.938. The summed E-state index contributed by atoms with van der Waals surface area (Å²) in [7, 11) is 0. The molecule has 0 fully saturated rings. The van der Waals surface area contributed by atoms with Crippen LogP contribution in [0.2, 0.25) is 0 Å². The van der Waals surface area contributed by atoms with Crippen LogP contribution in [0.25, 0.3) is 0 Å². The van der Waals surface area contributed by atoms with E-state index >= 15 is 0 Å². The highest BCUT2D eigenvalue weighted by molar-refractivity contribution is 6.17. The number of ether oxygens (including phenoxy) is 2. The lowest BCUT2D eigenvalue weighted by Gasteiger charge is -2.03. The Balaban J connectivity index is 2.58. The zero-order valence-electron chi connectivity index (χ0n) is 7.12. The van der Waals surface area contributed by atoms with Crippen LogP contribution < -0.4 is 4.74 Å². The lowest BCUT2D eigenvalue weighted by Crippen LogP contribution is -2.09. The highest BCUT2D eigenvalue weighted by Crippen LogP contribution is 2.12. The summed E-state index contributed by atoms with van der Waals surface area (Å²) in [5, 5.41) is 0. The molecule has 0 aliphatic carbocycles. The average Bonchev–Trinajstić information content (AvgIpc) is 2.04. The second-order valence-electron chi connectivity index (χ2n) is 2.42. The van der Waals surface area contributed by atoms with Crippen molar-refractivity contribution in [1.82, 2.24) is 0 Å². The topological polar surface area (TPSA) is 35.5 Å². The highest BCUT2D eigenvalue weighted by atomic mass is 35.5. The standard InChI is InChI=1S/C9H9ClO3/c1-7-3-2-4-8(5-7)13-9(11)12-6-10/h2-5H,6H2,1H3. The van der Waals surface area contributed by atoms with Gasteiger partial charge in [0.2, 0.25) is 0 Å². The number of benzene rings is 1. The fourth-order valence-electron chi connectivity index (χ4n) is 0.849. The van der Waals surface area contributed by atoms with Gasteiger partial charge in [0, 0.05) is 0 Å². The van der Waals surface area contributed by atoms with Crippen molar-refractivity contribution < 1.29 is 14.3 Å². The van der Waals surface area contributed by atoms with E-state index in [0.717, 1.165) is 5.56 Å². The number of halogens is 1. The van der Waals surface area contributed by atoms with Crippen molar-refractivity contribution in [2.45, 2.75) is 6.92 Å². The summed E-state index contributed by atoms with van der Waals surface area (Å²) < 4.78 is 9.18. The molecule has 0 saturated heterocycles. The second kappa shape index (κ2) is 4.72. The maximum absolute atomic E-state index is 10.8. The molecule has 13 heavy (non-hydrogen) atoms. The van der Waals surface area contributed by atoms with E-state index in [4.69, 9.17) is 16.3 Å². The van der Waals surface area contributed by atoms with Gasteiger partial charge in [-0.25, -0.2) is 4.79 Å². The maximum Gasteiger partial charge on any atom is 0.515 e. The van der Waals surface area contributed by atoms with Gasteiger partial charge >= 0.3 is 6.16 Å². The number of carbonyl (C=O) groups is 1. The Morgan fingerprint density at radius 3 is 2.92 bits per heavy atom. The molecule has 0 atom stereocenters. The van der Waals surface area contributed by atoms with Crippen molar-refractivity contribution in [3.63, 3.8) is 0 Å². The minimum Gasteiger partial charge on any atom is -0.418 e. The first-order chi connectivity index (χ1) is 6.22. The van der Waals surface area contributed by atoms with E-state index in [0.29, 0.717) is 5.75 Å². The first-order valence-electron chi connectivity index (χ1n) is 3.69. The SMILES string of the molecule is Cc1cccc(OC(=O)OCCl)c1. The molecule has 0 saturated carbocycles. The molecule has 0 bridgehead atoms. The van der Waals surface area contributed by atoms with Crippen LogP contribution in [0.3, 0.4) is 0 Å². The molecule has 0 aromatic heterocycles. The third-order valence-electron chi connectivity index (χ3n) is 1.36. The van der Waals surface area contributed by atoms with Crippen molar-refractivity contribution in [3.8, 4) is 5.75 Å². The van der Waals surface area contributed by atoms with Gasteiger partial charge in [-0.2, -0.15) is 0 Å². The van der Waals surface area contributed by atoms with Crippen molar-refractivity contribution in [2.75, 3.05) is 6.07 Å². The van der Waals surface area contributed by atoms with Crippen LogP contribution in [0.4, 0.5) is 4.79 Å². The van der Waals surface area contributed by atoms with E-state index in [1.165, 1.54) is 0 Å². The van der Waals surface area contributed by atoms with Crippen molar-refractivity contribution in [1.29, 1.82) is 0 Å². The first-order valence-corrected chi connectivity index (χ1v) is 4.23. The lowest BCUT2D eigenvalue weighted by atomic mass is 10.2. The van der Waals surface area contributed by atoms with Gasteiger partial charge in [0.05, 0.1) is 0 Å². The Hall–Kier alpha value is -1.22. The Labute approximate surface area is 81.2 Å². The minimum atomic E-state index is -0.791. The molecule has 0 N–H and O–H groups in total. The Bertz CT molecular complexity index is 299. The quantitative estimate of drug-likeness (QED) is 0.418. The summed E-state index contributed by atoms with van der Waals surface area (Å²) in [6, 6.07) is 6.89. The number of rotatable bonds is 2. The zero-order valence-corrected chi connectivity index (χ0v) is 7.88. The van der Waals surface area contributed by atoms with Gasteiger partial charge in [-0.05, 0) is 24.6 Å². The van der Waals surface area contributed by atoms with Gasteiger partial charge in [0.1, 0.15) is 5.75 Å². The maximum atomic E-state index is 10.8. The second-order valence-corrected chi connectivity index (χ2v) is 2.64. The van der Waals surface area contributed by atoms with E-state index in [9.17, 15) is 4.79 Å². The lowest BCUT2D eigenvalue weighted by molar-refractivity contribution is 0.115. The Kier molecular flexibility index (Phi) is 3.58. The van der Waals surface area contributed by atoms with Crippen LogP contribution >= 0.6 is 11.6 Å². The van der Waals surface area contributed by atoms with Gasteiger partial charge in [-0.3, -0.25) is 0 Å². The predicted octanol–water partition coefficient (Wildman–Crippen LogP) is 2.71. The van der Waals surface area contributed by atoms with Crippen LogP contribution in [-0.2, 0) is 4.74 Å². The largest absolute Gasteiger partial charge is 0.515 e. The molecule has 70 valence electrons. The van der Waals surface area contributed by atoms with Crippen molar-refractivity contribution in [2.24, 2.45) is 0 Å². The summed E-state index contributed by atoms with van der Waals surface area (Å²) in [5.41, 5.74) is 1.01. The molecule has 0 aliphatic heterocycles. The average molecular weight is 201 g/mol. The molecule has 4 heteroatoms. The van der Waals surface area contributed by atoms with Crippen molar-refractivity contribution >= 4 is 17.8 Å². The van der Waals surface area contributed by atoms with Crippen LogP contribution in [-0.4, -0.2) is 12.2 Å². The third kappa shape index (κ3) is 3.34. The monoisotopic (exact) mass is 200 g/mol. The number of hydrogen-bond acceptors (Lipinski definition) is 3. The van der Waals surface area contributed by atoms with Crippen LogP contribution in [0.1, 0.15) is 5.56 Å². The molecule has 3 nitrogen and oxygen atoms in total. The smallest absolute Gasteiger partial charge is 0.418 e. The molecule has 1 aromatic carbocycles. The highest BCUT2D eigenvalue weighted by Gasteiger charge is 2.03. The molecule has 0 amide bonds. The van der Waals surface area contributed by atoms with Crippen LogP contribution in [0.15, 0.2) is 24.3 Å². The fraction of sp³-hybridized carbons (Fsp3) is 0.222. The number of hydrogen-bond donors (Lipinski definition) is 0. The molecule has 0 radical (unpaired) electrons. The zero-order chi connectivity index (χ0) is 9.68. The van der Waals surface area contributed by atoms with E-state index in [1.807, 2.05) is 13.0 Å². The normalized spacial score (nSPS) is 9.38. The van der Waals surface area contributed by atoms with Crippen LogP contribution in [0, 0.1) is 6.92 Å². The number of alkyl halides is 1. The van der Waals surface area contributed by atoms with E-state index in [-0.39, 0.29) is 6.07 Å². The van der Waals surface area contributed by atoms with E-state index in [2.05, 4.69) is 4.74 Å². The molecule has 0 aliphatic rings. The van der Waals surface area contributed by atoms with Gasteiger partial charge < -0.3 is 9.47 Å². The molecule has 0 heterocycles. The van der Waals surface area contributed by atoms with Crippen LogP contribution in [0.5, 0.6) is 5.75 Å². The number of aryl methyl sites for hydroxylation is 1. The van der Waals surface area contributed by atoms with Gasteiger partial charge in [0.15, 0.2) is 6.07 Å². The molecule has 1 aromatic rings. The van der Waals surface area contributed by atoms with E-state index < -0.39 is 6.16 Å². The van der Waals surface area contributed by atoms with Gasteiger partial charge in [0.25, 0.3) is 0 Å². The summed E-state index contributed by atoms with van der Waals surface area (Å²) in [4.78, 5) is 10.8. The molecule has 0 unspecified atom stereocenters. The van der Waals surface area contributed by atoms with Crippen molar-refractivity contribution in [3.05, 3.63) is 29.8 Å². The minimum absolute atomic E-state index is 0.204.